The minimum absolute atomic E-state index is 0. The van der Waals surface area contributed by atoms with E-state index in [1.165, 1.54) is 6.26 Å². The first-order chi connectivity index (χ1) is 14.1. The normalized spacial score (nSPS) is 17.6. The van der Waals surface area contributed by atoms with Crippen molar-refractivity contribution in [2.24, 2.45) is 4.99 Å². The van der Waals surface area contributed by atoms with Crippen molar-refractivity contribution in [3.05, 3.63) is 48.4 Å². The molecule has 2 aromatic rings. The van der Waals surface area contributed by atoms with Gasteiger partial charge in [-0.05, 0) is 37.6 Å². The molecule has 0 amide bonds. The van der Waals surface area contributed by atoms with E-state index in [9.17, 15) is 13.9 Å². The molecule has 3 N–H and O–H groups in total. The van der Waals surface area contributed by atoms with Crippen LogP contribution in [0.4, 0.5) is 14.5 Å². The Labute approximate surface area is 191 Å². The number of halogens is 3. The first-order valence-corrected chi connectivity index (χ1v) is 9.62. The molecule has 2 atom stereocenters. The lowest BCUT2D eigenvalue weighted by molar-refractivity contribution is -0.0495. The number of benzene rings is 1. The number of guanidine groups is 1. The average Bonchev–Trinajstić information content (AvgIpc) is 3.38. The molecule has 0 radical (unpaired) electrons. The fourth-order valence-corrected chi connectivity index (χ4v) is 3.27. The van der Waals surface area contributed by atoms with Gasteiger partial charge in [0.1, 0.15) is 17.6 Å². The third-order valence-electron chi connectivity index (χ3n) is 4.59. The highest BCUT2D eigenvalue weighted by Gasteiger charge is 2.26. The van der Waals surface area contributed by atoms with Gasteiger partial charge in [0.2, 0.25) is 0 Å². The summed E-state index contributed by atoms with van der Waals surface area (Å²) in [5.74, 6) is 1.22. The molecule has 1 aromatic carbocycles. The summed E-state index contributed by atoms with van der Waals surface area (Å²) in [5, 5.41) is 16.6. The second-order valence-electron chi connectivity index (χ2n) is 6.67. The van der Waals surface area contributed by atoms with Crippen molar-refractivity contribution >= 4 is 35.6 Å². The lowest BCUT2D eigenvalue weighted by Crippen LogP contribution is -2.44. The van der Waals surface area contributed by atoms with E-state index in [1.54, 1.807) is 36.4 Å². The van der Waals surface area contributed by atoms with Crippen LogP contribution in [0.2, 0.25) is 0 Å². The molecule has 0 bridgehead atoms. The van der Waals surface area contributed by atoms with Crippen molar-refractivity contribution in [1.29, 1.82) is 0 Å². The highest BCUT2D eigenvalue weighted by molar-refractivity contribution is 14.0. The number of aliphatic hydroxyl groups is 1. The van der Waals surface area contributed by atoms with E-state index in [0.29, 0.717) is 37.0 Å². The number of nitrogens with zero attached hydrogens (tertiary/aromatic N) is 2. The standard InChI is InChI=1S/C20H26F2N4O3.HI/c1-2-23-20(24-12-16(27)18-8-5-11-28-18)25-14-9-10-26(13-14)15-6-3-4-7-17(15)29-19(21)22;/h3-8,11,14,16,19,27H,2,9-10,12-13H2,1H3,(H2,23,24,25);1H. The van der Waals surface area contributed by atoms with Crippen LogP contribution in [0.15, 0.2) is 52.1 Å². The van der Waals surface area contributed by atoms with Crippen molar-refractivity contribution < 1.29 is 23.0 Å². The van der Waals surface area contributed by atoms with E-state index in [1.807, 2.05) is 11.8 Å². The average molecular weight is 536 g/mol. The number of aliphatic hydroxyl groups excluding tert-OH is 1. The molecule has 30 heavy (non-hydrogen) atoms. The summed E-state index contributed by atoms with van der Waals surface area (Å²) in [7, 11) is 0. The van der Waals surface area contributed by atoms with E-state index in [4.69, 9.17) is 4.42 Å². The SMILES string of the molecule is CCNC(=NCC(O)c1ccco1)NC1CCN(c2ccccc2OC(F)F)C1.I. The van der Waals surface area contributed by atoms with Gasteiger partial charge in [0, 0.05) is 25.7 Å². The summed E-state index contributed by atoms with van der Waals surface area (Å²) >= 11 is 0. The third kappa shape index (κ3) is 6.73. The molecular weight excluding hydrogens is 509 g/mol. The number of ether oxygens (including phenoxy) is 1. The highest BCUT2D eigenvalue weighted by Crippen LogP contribution is 2.31. The lowest BCUT2D eigenvalue weighted by atomic mass is 10.2. The molecule has 0 spiro atoms. The van der Waals surface area contributed by atoms with Gasteiger partial charge in [0.25, 0.3) is 0 Å². The number of aliphatic imine (C=N–C) groups is 1. The summed E-state index contributed by atoms with van der Waals surface area (Å²) in [4.78, 5) is 6.44. The van der Waals surface area contributed by atoms with E-state index < -0.39 is 12.7 Å². The van der Waals surface area contributed by atoms with Gasteiger partial charge < -0.3 is 29.8 Å². The molecule has 0 aliphatic carbocycles. The minimum Gasteiger partial charge on any atom is -0.467 e. The molecule has 1 aliphatic rings. The second kappa shape index (κ2) is 11.9. The van der Waals surface area contributed by atoms with Crippen LogP contribution >= 0.6 is 24.0 Å². The number of hydrogen-bond donors (Lipinski definition) is 3. The van der Waals surface area contributed by atoms with Crippen LogP contribution in [0.25, 0.3) is 0 Å². The van der Waals surface area contributed by atoms with Gasteiger partial charge in [0.05, 0.1) is 18.5 Å². The molecule has 0 saturated carbocycles. The quantitative estimate of drug-likeness (QED) is 0.273. The van der Waals surface area contributed by atoms with E-state index in [0.717, 1.165) is 6.42 Å². The summed E-state index contributed by atoms with van der Waals surface area (Å²) < 4.78 is 35.2. The van der Waals surface area contributed by atoms with Crippen LogP contribution in [0.3, 0.4) is 0 Å². The van der Waals surface area contributed by atoms with Crippen LogP contribution in [0.1, 0.15) is 25.2 Å². The zero-order valence-corrected chi connectivity index (χ0v) is 19.0. The van der Waals surface area contributed by atoms with Crippen molar-refractivity contribution in [3.63, 3.8) is 0 Å². The number of furan rings is 1. The number of para-hydroxylation sites is 2. The maximum Gasteiger partial charge on any atom is 0.387 e. The van der Waals surface area contributed by atoms with Crippen molar-refractivity contribution in [1.82, 2.24) is 10.6 Å². The fraction of sp³-hybridized carbons (Fsp3) is 0.450. The van der Waals surface area contributed by atoms with Gasteiger partial charge in [0.15, 0.2) is 5.96 Å². The number of rotatable bonds is 8. The Morgan fingerprint density at radius 3 is 2.83 bits per heavy atom. The Hall–Kier alpha value is -2.08. The molecule has 1 aromatic heterocycles. The first kappa shape index (κ1) is 24.2. The molecule has 2 unspecified atom stereocenters. The maximum absolute atomic E-state index is 12.7. The predicted molar refractivity (Wildman–Crippen MR) is 122 cm³/mol. The van der Waals surface area contributed by atoms with Crippen LogP contribution in [0.5, 0.6) is 5.75 Å². The number of anilines is 1. The molecular formula is C20H27F2IN4O3. The minimum atomic E-state index is -2.86. The van der Waals surface area contributed by atoms with Gasteiger partial charge >= 0.3 is 6.61 Å². The zero-order valence-electron chi connectivity index (χ0n) is 16.6. The second-order valence-corrected chi connectivity index (χ2v) is 6.67. The van der Waals surface area contributed by atoms with E-state index in [2.05, 4.69) is 20.4 Å². The predicted octanol–water partition coefficient (Wildman–Crippen LogP) is 3.37. The molecule has 7 nitrogen and oxygen atoms in total. The Bertz CT molecular complexity index is 792. The van der Waals surface area contributed by atoms with Crippen LogP contribution < -0.4 is 20.3 Å². The van der Waals surface area contributed by atoms with Crippen molar-refractivity contribution in [2.45, 2.75) is 32.1 Å². The number of nitrogens with one attached hydrogen (secondary N) is 2. The number of hydrogen-bond acceptors (Lipinski definition) is 5. The van der Waals surface area contributed by atoms with Gasteiger partial charge in [-0.3, -0.25) is 4.99 Å². The highest BCUT2D eigenvalue weighted by atomic mass is 127. The van der Waals surface area contributed by atoms with Crippen molar-refractivity contribution in [2.75, 3.05) is 31.1 Å². The van der Waals surface area contributed by atoms with E-state index in [-0.39, 0.29) is 42.3 Å². The maximum atomic E-state index is 12.7. The molecule has 10 heteroatoms. The van der Waals surface area contributed by atoms with Gasteiger partial charge in [-0.15, -0.1) is 24.0 Å². The fourth-order valence-electron chi connectivity index (χ4n) is 3.27. The summed E-state index contributed by atoms with van der Waals surface area (Å²) in [6.45, 7) is 1.25. The van der Waals surface area contributed by atoms with Crippen molar-refractivity contribution in [3.8, 4) is 5.75 Å². The largest absolute Gasteiger partial charge is 0.467 e. The van der Waals surface area contributed by atoms with Crippen LogP contribution in [0, 0.1) is 0 Å². The molecule has 1 fully saturated rings. The Balaban J connectivity index is 0.00000320. The van der Waals surface area contributed by atoms with Crippen LogP contribution in [-0.4, -0.2) is 49.9 Å². The molecule has 2 heterocycles. The van der Waals surface area contributed by atoms with E-state index >= 15 is 0 Å². The van der Waals surface area contributed by atoms with Gasteiger partial charge in [-0.1, -0.05) is 12.1 Å². The van der Waals surface area contributed by atoms with Gasteiger partial charge in [-0.25, -0.2) is 0 Å². The topological polar surface area (TPSA) is 82.3 Å². The zero-order chi connectivity index (χ0) is 20.6. The lowest BCUT2D eigenvalue weighted by Gasteiger charge is -2.22. The molecule has 1 aliphatic heterocycles. The number of alkyl halides is 2. The summed E-state index contributed by atoms with van der Waals surface area (Å²) in [5.41, 5.74) is 0.646. The molecule has 3 rings (SSSR count). The Morgan fingerprint density at radius 1 is 1.33 bits per heavy atom. The summed E-state index contributed by atoms with van der Waals surface area (Å²) in [6.07, 6.45) is 1.50. The first-order valence-electron chi connectivity index (χ1n) is 9.62. The third-order valence-corrected chi connectivity index (χ3v) is 4.59. The summed E-state index contributed by atoms with van der Waals surface area (Å²) in [6, 6.07) is 10.3. The van der Waals surface area contributed by atoms with Crippen LogP contribution in [-0.2, 0) is 0 Å². The molecule has 1 saturated heterocycles. The van der Waals surface area contributed by atoms with Gasteiger partial charge in [-0.2, -0.15) is 8.78 Å². The Morgan fingerprint density at radius 2 is 2.13 bits per heavy atom. The Kier molecular flexibility index (Phi) is 9.63. The smallest absolute Gasteiger partial charge is 0.387 e. The molecule has 166 valence electrons. The monoisotopic (exact) mass is 536 g/mol.